The predicted octanol–water partition coefficient (Wildman–Crippen LogP) is 3.32. The second kappa shape index (κ2) is 10.4. The fourth-order valence-electron chi connectivity index (χ4n) is 5.63. The van der Waals surface area contributed by atoms with Gasteiger partial charge in [-0.05, 0) is 35.6 Å². The summed E-state index contributed by atoms with van der Waals surface area (Å²) in [7, 11) is 1.62. The molecule has 37 heavy (non-hydrogen) atoms. The summed E-state index contributed by atoms with van der Waals surface area (Å²) in [6.07, 6.45) is 1.80. The number of fused-ring (bicyclic) bond motifs is 7. The van der Waals surface area contributed by atoms with Crippen LogP contribution >= 0.6 is 0 Å². The van der Waals surface area contributed by atoms with Gasteiger partial charge in [-0.2, -0.15) is 0 Å². The molecule has 4 atom stereocenters. The zero-order chi connectivity index (χ0) is 26.1. The Balaban J connectivity index is 1.48. The van der Waals surface area contributed by atoms with E-state index < -0.39 is 12.1 Å². The second-order valence-electron chi connectivity index (χ2n) is 9.99. The number of aromatic amines is 1. The molecular formula is C29H34N4O4. The molecular weight excluding hydrogens is 468 g/mol. The number of nitrogens with one attached hydrogen (secondary N) is 3. The van der Waals surface area contributed by atoms with Gasteiger partial charge in [0.1, 0.15) is 12.1 Å². The smallest absolute Gasteiger partial charge is 0.255 e. The zero-order valence-electron chi connectivity index (χ0n) is 21.5. The van der Waals surface area contributed by atoms with E-state index in [2.05, 4.69) is 15.6 Å². The number of para-hydroxylation sites is 1. The molecule has 3 N–H and O–H groups in total. The van der Waals surface area contributed by atoms with Crippen LogP contribution in [0.3, 0.4) is 0 Å². The van der Waals surface area contributed by atoms with E-state index in [1.165, 1.54) is 0 Å². The highest BCUT2D eigenvalue weighted by Crippen LogP contribution is 2.46. The summed E-state index contributed by atoms with van der Waals surface area (Å²) in [4.78, 5) is 45.8. The highest BCUT2D eigenvalue weighted by Gasteiger charge is 2.49. The Bertz CT molecular complexity index is 1330. The van der Waals surface area contributed by atoms with Crippen molar-refractivity contribution in [3.8, 4) is 0 Å². The van der Waals surface area contributed by atoms with Crippen LogP contribution in [0.2, 0.25) is 0 Å². The molecule has 2 aromatic carbocycles. The molecule has 1 aromatic heterocycles. The van der Waals surface area contributed by atoms with E-state index in [-0.39, 0.29) is 29.7 Å². The summed E-state index contributed by atoms with van der Waals surface area (Å²) in [6, 6.07) is 13.8. The van der Waals surface area contributed by atoms with E-state index >= 15 is 0 Å². The van der Waals surface area contributed by atoms with Gasteiger partial charge in [0, 0.05) is 48.8 Å². The van der Waals surface area contributed by atoms with Gasteiger partial charge in [0.25, 0.3) is 5.91 Å². The first-order valence-corrected chi connectivity index (χ1v) is 13.0. The van der Waals surface area contributed by atoms with Crippen LogP contribution < -0.4 is 10.6 Å². The number of H-pyrrole nitrogens is 1. The number of methoxy groups -OCH3 is 1. The molecule has 2 aliphatic heterocycles. The normalized spacial score (nSPS) is 19.6. The third kappa shape index (κ3) is 4.39. The summed E-state index contributed by atoms with van der Waals surface area (Å²) in [5.74, 6) is -0.746. The Kier molecular flexibility index (Phi) is 7.02. The Labute approximate surface area is 216 Å². The summed E-state index contributed by atoms with van der Waals surface area (Å²) in [6.45, 7) is 4.98. The average molecular weight is 503 g/mol. The van der Waals surface area contributed by atoms with Gasteiger partial charge in [0.15, 0.2) is 0 Å². The van der Waals surface area contributed by atoms with Gasteiger partial charge in [0.05, 0.1) is 6.04 Å². The largest absolute Gasteiger partial charge is 0.385 e. The van der Waals surface area contributed by atoms with Crippen LogP contribution in [-0.2, 0) is 20.7 Å². The predicted molar refractivity (Wildman–Crippen MR) is 141 cm³/mol. The van der Waals surface area contributed by atoms with E-state index in [9.17, 15) is 14.4 Å². The van der Waals surface area contributed by atoms with Crippen molar-refractivity contribution >= 4 is 28.6 Å². The van der Waals surface area contributed by atoms with Crippen LogP contribution in [0.5, 0.6) is 0 Å². The summed E-state index contributed by atoms with van der Waals surface area (Å²) in [5, 5.41) is 7.01. The molecule has 8 nitrogen and oxygen atoms in total. The molecule has 0 bridgehead atoms. The first-order chi connectivity index (χ1) is 18.0. The molecule has 0 saturated carbocycles. The molecule has 0 saturated heterocycles. The topological polar surface area (TPSA) is 104 Å². The number of hydrogen-bond donors (Lipinski definition) is 3. The Hall–Kier alpha value is -3.65. The van der Waals surface area contributed by atoms with Crippen molar-refractivity contribution in [1.29, 1.82) is 0 Å². The number of benzene rings is 2. The van der Waals surface area contributed by atoms with E-state index in [1.54, 1.807) is 12.0 Å². The number of amides is 3. The quantitative estimate of drug-likeness (QED) is 0.391. The van der Waals surface area contributed by atoms with Crippen LogP contribution in [0.15, 0.2) is 48.5 Å². The van der Waals surface area contributed by atoms with E-state index in [0.29, 0.717) is 31.6 Å². The fourth-order valence-corrected chi connectivity index (χ4v) is 5.63. The molecule has 3 aromatic rings. The van der Waals surface area contributed by atoms with Gasteiger partial charge >= 0.3 is 0 Å². The van der Waals surface area contributed by atoms with Gasteiger partial charge < -0.3 is 25.3 Å². The molecule has 8 heteroatoms. The summed E-state index contributed by atoms with van der Waals surface area (Å²) < 4.78 is 5.06. The van der Waals surface area contributed by atoms with Crippen molar-refractivity contribution < 1.29 is 19.1 Å². The van der Waals surface area contributed by atoms with Crippen molar-refractivity contribution in [3.63, 3.8) is 0 Å². The number of carbonyl (C=O) groups is 3. The van der Waals surface area contributed by atoms with Crippen molar-refractivity contribution in [2.24, 2.45) is 5.92 Å². The number of ether oxygens (including phenoxy) is 1. The van der Waals surface area contributed by atoms with Crippen LogP contribution in [-0.4, -0.2) is 60.0 Å². The number of rotatable bonds is 9. The lowest BCUT2D eigenvalue weighted by Crippen LogP contribution is -2.58. The molecule has 2 aliphatic rings. The monoisotopic (exact) mass is 502 g/mol. The second-order valence-corrected chi connectivity index (χ2v) is 9.99. The van der Waals surface area contributed by atoms with E-state index in [0.717, 1.165) is 34.1 Å². The fraction of sp³-hybridized carbons (Fsp3) is 0.414. The third-order valence-electron chi connectivity index (χ3n) is 7.77. The molecule has 0 radical (unpaired) electrons. The van der Waals surface area contributed by atoms with E-state index in [4.69, 9.17) is 4.74 Å². The van der Waals surface area contributed by atoms with Crippen molar-refractivity contribution in [3.05, 3.63) is 70.9 Å². The zero-order valence-corrected chi connectivity index (χ0v) is 21.5. The standard InChI is InChI=1S/C29H34N4O4/c1-4-17(2)24(28(35)30-14-9-15-37-3)32-27(34)23-16-21-18-10-7-8-13-22(18)31-25(21)26-19-11-5-6-12-20(19)29(36)33(23)26/h5-8,10-13,17,23-24,26,31H,4,9,14-16H2,1-3H3,(H,30,35)(H,32,34)/t17-,23+,24+,26-/m1/s1. The Morgan fingerprint density at radius 2 is 1.92 bits per heavy atom. The lowest BCUT2D eigenvalue weighted by molar-refractivity contribution is -0.133. The molecule has 0 spiro atoms. The molecule has 5 rings (SSSR count). The number of hydrogen-bond acceptors (Lipinski definition) is 4. The van der Waals surface area contributed by atoms with Crippen molar-refractivity contribution in [1.82, 2.24) is 20.5 Å². The van der Waals surface area contributed by atoms with Gasteiger partial charge in [0.2, 0.25) is 11.8 Å². The van der Waals surface area contributed by atoms with Crippen molar-refractivity contribution in [2.45, 2.75) is 51.2 Å². The maximum absolute atomic E-state index is 13.9. The van der Waals surface area contributed by atoms with Crippen molar-refractivity contribution in [2.75, 3.05) is 20.3 Å². The lowest BCUT2D eigenvalue weighted by Gasteiger charge is -2.38. The Morgan fingerprint density at radius 3 is 2.70 bits per heavy atom. The lowest BCUT2D eigenvalue weighted by atomic mass is 9.89. The van der Waals surface area contributed by atoms with E-state index in [1.807, 2.05) is 62.4 Å². The third-order valence-corrected chi connectivity index (χ3v) is 7.77. The highest BCUT2D eigenvalue weighted by atomic mass is 16.5. The molecule has 0 aliphatic carbocycles. The van der Waals surface area contributed by atoms with Crippen LogP contribution in [0.1, 0.15) is 59.9 Å². The number of aromatic nitrogens is 1. The highest BCUT2D eigenvalue weighted by molar-refractivity contribution is 6.04. The number of carbonyl (C=O) groups excluding carboxylic acids is 3. The molecule has 194 valence electrons. The molecule has 0 unspecified atom stereocenters. The maximum atomic E-state index is 13.9. The molecule has 3 heterocycles. The van der Waals surface area contributed by atoms with Gasteiger partial charge in [-0.25, -0.2) is 0 Å². The maximum Gasteiger partial charge on any atom is 0.255 e. The van der Waals surface area contributed by atoms with Crippen LogP contribution in [0.25, 0.3) is 10.9 Å². The van der Waals surface area contributed by atoms with Gasteiger partial charge in [-0.3, -0.25) is 14.4 Å². The van der Waals surface area contributed by atoms with Crippen LogP contribution in [0, 0.1) is 5.92 Å². The Morgan fingerprint density at radius 1 is 1.16 bits per heavy atom. The van der Waals surface area contributed by atoms with Gasteiger partial charge in [-0.1, -0.05) is 56.7 Å². The minimum Gasteiger partial charge on any atom is -0.385 e. The minimum absolute atomic E-state index is 0.0686. The first-order valence-electron chi connectivity index (χ1n) is 13.0. The van der Waals surface area contributed by atoms with Gasteiger partial charge in [-0.15, -0.1) is 0 Å². The number of nitrogens with zero attached hydrogens (tertiary/aromatic N) is 1. The summed E-state index contributed by atoms with van der Waals surface area (Å²) in [5.41, 5.74) is 4.50. The first kappa shape index (κ1) is 25.0. The summed E-state index contributed by atoms with van der Waals surface area (Å²) >= 11 is 0. The average Bonchev–Trinajstić information content (AvgIpc) is 3.44. The molecule has 3 amide bonds. The molecule has 0 fully saturated rings. The SMILES string of the molecule is CC[C@@H](C)[C@H](NC(=O)[C@@H]1Cc2c([nH]c3ccccc23)[C@H]2c3ccccc3C(=O)N21)C(=O)NCCCOC. The van der Waals surface area contributed by atoms with Crippen LogP contribution in [0.4, 0.5) is 0 Å². The minimum atomic E-state index is -0.732.